The number of aliphatic hydroxyl groups is 1. The molecule has 31 heavy (non-hydrogen) atoms. The molecule has 0 amide bonds. The molecule has 1 unspecified atom stereocenters. The molecule has 1 aromatic rings. The van der Waals surface area contributed by atoms with Crippen LogP contribution in [0.5, 0.6) is 11.5 Å². The molecule has 1 aromatic carbocycles. The molecule has 0 heterocycles. The zero-order chi connectivity index (χ0) is 21.8. The Bertz CT molecular complexity index is 666. The molecule has 7 nitrogen and oxygen atoms in total. The molecule has 1 atom stereocenters. The average Bonchev–Trinajstić information content (AvgIpc) is 3.24. The SMILES string of the molecule is CCNC(=NCC1(CCOCC)CCCC1)NCC(O)c1cc(OC)ccc1OC.I. The van der Waals surface area contributed by atoms with Gasteiger partial charge >= 0.3 is 0 Å². The Morgan fingerprint density at radius 2 is 1.90 bits per heavy atom. The first-order valence-corrected chi connectivity index (χ1v) is 11.1. The van der Waals surface area contributed by atoms with Crippen LogP contribution in [0, 0.1) is 5.41 Å². The van der Waals surface area contributed by atoms with E-state index in [4.69, 9.17) is 19.2 Å². The summed E-state index contributed by atoms with van der Waals surface area (Å²) in [4.78, 5) is 4.86. The van der Waals surface area contributed by atoms with Crippen molar-refractivity contribution in [2.45, 2.75) is 52.1 Å². The Morgan fingerprint density at radius 3 is 2.52 bits per heavy atom. The van der Waals surface area contributed by atoms with Crippen LogP contribution in [0.2, 0.25) is 0 Å². The Morgan fingerprint density at radius 1 is 1.16 bits per heavy atom. The van der Waals surface area contributed by atoms with E-state index in [0.29, 0.717) is 23.6 Å². The largest absolute Gasteiger partial charge is 0.497 e. The highest BCUT2D eigenvalue weighted by Crippen LogP contribution is 2.41. The zero-order valence-electron chi connectivity index (χ0n) is 19.4. The first-order chi connectivity index (χ1) is 14.6. The number of hydrogen-bond donors (Lipinski definition) is 3. The molecular weight excluding hydrogens is 509 g/mol. The predicted octanol–water partition coefficient (Wildman–Crippen LogP) is 3.90. The van der Waals surface area contributed by atoms with Gasteiger partial charge in [-0.1, -0.05) is 12.8 Å². The van der Waals surface area contributed by atoms with E-state index in [-0.39, 0.29) is 29.4 Å². The van der Waals surface area contributed by atoms with Crippen LogP contribution in [0.25, 0.3) is 0 Å². The summed E-state index contributed by atoms with van der Waals surface area (Å²) in [5, 5.41) is 17.3. The van der Waals surface area contributed by atoms with E-state index in [1.165, 1.54) is 25.7 Å². The third kappa shape index (κ3) is 8.65. The molecule has 0 bridgehead atoms. The molecule has 2 rings (SSSR count). The number of benzene rings is 1. The molecule has 0 aliphatic heterocycles. The molecule has 1 aliphatic rings. The summed E-state index contributed by atoms with van der Waals surface area (Å²) in [7, 11) is 3.21. The van der Waals surface area contributed by atoms with Crippen LogP contribution in [-0.2, 0) is 4.74 Å². The second kappa shape index (κ2) is 14.7. The van der Waals surface area contributed by atoms with E-state index in [9.17, 15) is 5.11 Å². The van der Waals surface area contributed by atoms with Gasteiger partial charge in [-0.2, -0.15) is 0 Å². The third-order valence-corrected chi connectivity index (χ3v) is 5.82. The van der Waals surface area contributed by atoms with Gasteiger partial charge in [-0.25, -0.2) is 0 Å². The average molecular weight is 549 g/mol. The van der Waals surface area contributed by atoms with Crippen LogP contribution in [-0.4, -0.2) is 58.1 Å². The van der Waals surface area contributed by atoms with Crippen molar-refractivity contribution in [2.24, 2.45) is 10.4 Å². The molecule has 1 saturated carbocycles. The maximum atomic E-state index is 10.7. The Kier molecular flexibility index (Phi) is 13.2. The lowest BCUT2D eigenvalue weighted by molar-refractivity contribution is 0.107. The van der Waals surface area contributed by atoms with Crippen LogP contribution in [0.15, 0.2) is 23.2 Å². The predicted molar refractivity (Wildman–Crippen MR) is 136 cm³/mol. The lowest BCUT2D eigenvalue weighted by Gasteiger charge is -2.27. The molecule has 1 fully saturated rings. The monoisotopic (exact) mass is 549 g/mol. The second-order valence-electron chi connectivity index (χ2n) is 7.85. The number of nitrogens with one attached hydrogen (secondary N) is 2. The summed E-state index contributed by atoms with van der Waals surface area (Å²) in [6.07, 6.45) is 5.23. The normalized spacial score (nSPS) is 16.4. The summed E-state index contributed by atoms with van der Waals surface area (Å²) in [6.45, 7) is 7.49. The number of halogens is 1. The number of nitrogens with zero attached hydrogens (tertiary/aromatic N) is 1. The topological polar surface area (TPSA) is 84.3 Å². The van der Waals surface area contributed by atoms with Crippen molar-refractivity contribution in [2.75, 3.05) is 47.1 Å². The van der Waals surface area contributed by atoms with Crippen molar-refractivity contribution in [3.8, 4) is 11.5 Å². The highest BCUT2D eigenvalue weighted by atomic mass is 127. The summed E-state index contributed by atoms with van der Waals surface area (Å²) in [6, 6.07) is 5.42. The fourth-order valence-electron chi connectivity index (χ4n) is 4.04. The van der Waals surface area contributed by atoms with Gasteiger partial charge in [-0.15, -0.1) is 24.0 Å². The lowest BCUT2D eigenvalue weighted by atomic mass is 9.83. The fourth-order valence-corrected chi connectivity index (χ4v) is 4.04. The van der Waals surface area contributed by atoms with Gasteiger partial charge in [0.15, 0.2) is 5.96 Å². The van der Waals surface area contributed by atoms with Gasteiger partial charge < -0.3 is 30.0 Å². The maximum absolute atomic E-state index is 10.7. The molecule has 0 saturated heterocycles. The minimum absolute atomic E-state index is 0. The molecular formula is C23H40IN3O4. The van der Waals surface area contributed by atoms with Crippen molar-refractivity contribution in [3.63, 3.8) is 0 Å². The molecule has 3 N–H and O–H groups in total. The lowest BCUT2D eigenvalue weighted by Crippen LogP contribution is -2.40. The quantitative estimate of drug-likeness (QED) is 0.159. The standard InChI is InChI=1S/C23H39N3O4.HI/c1-5-24-22(26-17-23(11-7-8-12-23)13-14-30-6-2)25-16-20(27)19-15-18(28-3)9-10-21(19)29-4;/h9-10,15,20,27H,5-8,11-14,16-17H2,1-4H3,(H2,24,25,26);1H. The van der Waals surface area contributed by atoms with E-state index in [1.807, 2.05) is 19.9 Å². The third-order valence-electron chi connectivity index (χ3n) is 5.82. The molecule has 0 spiro atoms. The van der Waals surface area contributed by atoms with Crippen LogP contribution in [0.4, 0.5) is 0 Å². The number of rotatable bonds is 12. The summed E-state index contributed by atoms with van der Waals surface area (Å²) >= 11 is 0. The molecule has 8 heteroatoms. The molecule has 178 valence electrons. The van der Waals surface area contributed by atoms with Crippen LogP contribution >= 0.6 is 24.0 Å². The van der Waals surface area contributed by atoms with Crippen molar-refractivity contribution in [1.29, 1.82) is 0 Å². The number of ether oxygens (including phenoxy) is 3. The van der Waals surface area contributed by atoms with Crippen LogP contribution < -0.4 is 20.1 Å². The van der Waals surface area contributed by atoms with Gasteiger partial charge in [0, 0.05) is 38.4 Å². The first kappa shape index (κ1) is 27.8. The summed E-state index contributed by atoms with van der Waals surface area (Å²) in [5.74, 6) is 2.04. The van der Waals surface area contributed by atoms with Gasteiger partial charge in [0.25, 0.3) is 0 Å². The first-order valence-electron chi connectivity index (χ1n) is 11.1. The molecule has 0 aromatic heterocycles. The highest BCUT2D eigenvalue weighted by molar-refractivity contribution is 14.0. The number of methoxy groups -OCH3 is 2. The minimum atomic E-state index is -0.752. The zero-order valence-corrected chi connectivity index (χ0v) is 21.7. The molecule has 1 aliphatic carbocycles. The van der Waals surface area contributed by atoms with Crippen molar-refractivity contribution in [3.05, 3.63) is 23.8 Å². The maximum Gasteiger partial charge on any atom is 0.191 e. The van der Waals surface area contributed by atoms with Gasteiger partial charge in [-0.3, -0.25) is 4.99 Å². The van der Waals surface area contributed by atoms with Crippen molar-refractivity contribution in [1.82, 2.24) is 10.6 Å². The molecule has 0 radical (unpaired) electrons. The number of aliphatic hydroxyl groups excluding tert-OH is 1. The fraction of sp³-hybridized carbons (Fsp3) is 0.696. The van der Waals surface area contributed by atoms with E-state index < -0.39 is 6.10 Å². The van der Waals surface area contributed by atoms with E-state index in [0.717, 1.165) is 38.7 Å². The number of hydrogen-bond acceptors (Lipinski definition) is 5. The smallest absolute Gasteiger partial charge is 0.191 e. The van der Waals surface area contributed by atoms with Gasteiger partial charge in [0.2, 0.25) is 0 Å². The number of aliphatic imine (C=N–C) groups is 1. The summed E-state index contributed by atoms with van der Waals surface area (Å²) in [5.41, 5.74) is 0.913. The Labute approximate surface area is 204 Å². The van der Waals surface area contributed by atoms with E-state index >= 15 is 0 Å². The van der Waals surface area contributed by atoms with E-state index in [1.54, 1.807) is 26.4 Å². The van der Waals surface area contributed by atoms with Gasteiger partial charge in [0.1, 0.15) is 11.5 Å². The van der Waals surface area contributed by atoms with E-state index in [2.05, 4.69) is 10.6 Å². The van der Waals surface area contributed by atoms with Gasteiger partial charge in [-0.05, 0) is 56.7 Å². The highest BCUT2D eigenvalue weighted by Gasteiger charge is 2.33. The second-order valence-corrected chi connectivity index (χ2v) is 7.85. The van der Waals surface area contributed by atoms with Crippen LogP contribution in [0.1, 0.15) is 57.6 Å². The minimum Gasteiger partial charge on any atom is -0.497 e. The Balaban J connectivity index is 0.00000480. The Hall–Kier alpha value is -1.26. The number of guanidine groups is 1. The van der Waals surface area contributed by atoms with Crippen molar-refractivity contribution < 1.29 is 19.3 Å². The van der Waals surface area contributed by atoms with Crippen LogP contribution in [0.3, 0.4) is 0 Å². The van der Waals surface area contributed by atoms with Gasteiger partial charge in [0.05, 0.1) is 20.3 Å². The van der Waals surface area contributed by atoms with Crippen molar-refractivity contribution >= 4 is 29.9 Å². The summed E-state index contributed by atoms with van der Waals surface area (Å²) < 4.78 is 16.3.